The highest BCUT2D eigenvalue weighted by atomic mass is 14.6. The third kappa shape index (κ3) is 2.47. The van der Waals surface area contributed by atoms with Crippen molar-refractivity contribution in [2.75, 3.05) is 0 Å². The average molecular weight is 549 g/mol. The number of rotatable bonds is 0. The molecule has 0 fully saturated rings. The number of hydrogen-bond acceptors (Lipinski definition) is 0. The minimum absolute atomic E-state index is 0.0345. The molecule has 0 atom stereocenters. The molecule has 0 heteroatoms. The van der Waals surface area contributed by atoms with Crippen molar-refractivity contribution >= 4 is 0 Å². The molecule has 0 radical (unpaired) electrons. The van der Waals surface area contributed by atoms with E-state index in [9.17, 15) is 0 Å². The molecule has 0 unspecified atom stereocenters. The zero-order valence-electron chi connectivity index (χ0n) is 25.0. The lowest BCUT2D eigenvalue weighted by molar-refractivity contribution is 0.659. The smallest absolute Gasteiger partial charge is 0.0619 e. The van der Waals surface area contributed by atoms with E-state index in [1.165, 1.54) is 89.0 Å². The fraction of sp³-hybridized carbons (Fsp3) is 0.163. The summed E-state index contributed by atoms with van der Waals surface area (Å²) in [5.41, 5.74) is 22.3. The lowest BCUT2D eigenvalue weighted by Crippen LogP contribution is -2.26. The Morgan fingerprint density at radius 2 is 0.558 bits per heavy atom. The SMILES string of the molecule is CC1(C)c2ccccc2-c2c1ccc1c2-c2ccccc2C12c1ccccc1-c1c2ccc2c1-c1ccccc1C2(C)C. The maximum absolute atomic E-state index is 2.48. The fourth-order valence-corrected chi connectivity index (χ4v) is 9.70. The molecule has 0 aliphatic heterocycles. The molecule has 1 spiro atoms. The van der Waals surface area contributed by atoms with Gasteiger partial charge in [-0.25, -0.2) is 0 Å². The molecule has 0 N–H and O–H groups in total. The fourth-order valence-electron chi connectivity index (χ4n) is 9.70. The van der Waals surface area contributed by atoms with Crippen molar-refractivity contribution in [2.45, 2.75) is 43.9 Å². The van der Waals surface area contributed by atoms with Crippen LogP contribution in [0.4, 0.5) is 0 Å². The molecule has 0 bridgehead atoms. The van der Waals surface area contributed by atoms with E-state index < -0.39 is 0 Å². The van der Waals surface area contributed by atoms with Gasteiger partial charge in [0.1, 0.15) is 0 Å². The summed E-state index contributed by atoms with van der Waals surface area (Å²) in [5.74, 6) is 0. The van der Waals surface area contributed by atoms with Crippen LogP contribution in [0.3, 0.4) is 0 Å². The van der Waals surface area contributed by atoms with Crippen LogP contribution in [0.15, 0.2) is 121 Å². The minimum atomic E-state index is -0.356. The molecular weight excluding hydrogens is 516 g/mol. The van der Waals surface area contributed by atoms with Gasteiger partial charge in [-0.3, -0.25) is 0 Å². The van der Waals surface area contributed by atoms with Crippen molar-refractivity contribution < 1.29 is 0 Å². The molecule has 6 aromatic carbocycles. The van der Waals surface area contributed by atoms with Crippen molar-refractivity contribution in [2.24, 2.45) is 0 Å². The molecule has 0 saturated heterocycles. The van der Waals surface area contributed by atoms with Gasteiger partial charge in [-0.05, 0) is 89.0 Å². The molecule has 0 amide bonds. The van der Waals surface area contributed by atoms with Crippen molar-refractivity contribution in [3.05, 3.63) is 166 Å². The van der Waals surface area contributed by atoms with Gasteiger partial charge in [-0.15, -0.1) is 0 Å². The van der Waals surface area contributed by atoms with E-state index in [2.05, 4.69) is 149 Å². The van der Waals surface area contributed by atoms with Crippen LogP contribution in [0.1, 0.15) is 72.2 Å². The van der Waals surface area contributed by atoms with Crippen LogP contribution in [-0.4, -0.2) is 0 Å². The first-order chi connectivity index (χ1) is 20.9. The number of benzene rings is 6. The molecule has 10 rings (SSSR count). The summed E-state index contributed by atoms with van der Waals surface area (Å²) in [6.07, 6.45) is 0. The standard InChI is InChI=1S/C43H32/c1-41(2)29-17-9-5-13-25(29)37-33(41)21-23-35-39(37)27-15-7-11-19-31(27)43(35)32-20-12-8-16-28(32)40-36(43)24-22-34-38(40)26-14-6-10-18-30(26)42(34,3)4/h5-24H,1-4H3. The van der Waals surface area contributed by atoms with Crippen molar-refractivity contribution in [1.82, 2.24) is 0 Å². The van der Waals surface area contributed by atoms with Crippen LogP contribution >= 0.6 is 0 Å². The van der Waals surface area contributed by atoms with Crippen LogP contribution in [0.5, 0.6) is 0 Å². The largest absolute Gasteiger partial charge is 0.0725 e. The molecule has 0 saturated carbocycles. The molecular formula is C43H32. The lowest BCUT2D eigenvalue weighted by atomic mass is 9.69. The normalized spacial score (nSPS) is 17.4. The Morgan fingerprint density at radius 1 is 0.279 bits per heavy atom. The summed E-state index contributed by atoms with van der Waals surface area (Å²) < 4.78 is 0. The van der Waals surface area contributed by atoms with E-state index in [1.54, 1.807) is 0 Å². The maximum atomic E-state index is 2.48. The predicted octanol–water partition coefficient (Wildman–Crippen LogP) is 10.6. The Hall–Kier alpha value is -4.68. The summed E-state index contributed by atoms with van der Waals surface area (Å²) in [6, 6.07) is 46.6. The second-order valence-corrected chi connectivity index (χ2v) is 14.0. The van der Waals surface area contributed by atoms with Crippen LogP contribution in [0, 0.1) is 0 Å². The second-order valence-electron chi connectivity index (χ2n) is 14.0. The van der Waals surface area contributed by atoms with Gasteiger partial charge in [0.2, 0.25) is 0 Å². The van der Waals surface area contributed by atoms with Crippen LogP contribution in [0.25, 0.3) is 44.5 Å². The van der Waals surface area contributed by atoms with E-state index in [4.69, 9.17) is 0 Å². The van der Waals surface area contributed by atoms with Crippen LogP contribution < -0.4 is 0 Å². The Labute approximate surface area is 253 Å². The van der Waals surface area contributed by atoms with Gasteiger partial charge in [0.15, 0.2) is 0 Å². The van der Waals surface area contributed by atoms with Gasteiger partial charge in [-0.2, -0.15) is 0 Å². The van der Waals surface area contributed by atoms with E-state index in [1.807, 2.05) is 0 Å². The third-order valence-electron chi connectivity index (χ3n) is 11.5. The molecule has 0 heterocycles. The monoisotopic (exact) mass is 548 g/mol. The Balaban J connectivity index is 1.39. The number of fused-ring (bicyclic) bond motifs is 18. The van der Waals surface area contributed by atoms with Gasteiger partial charge >= 0.3 is 0 Å². The van der Waals surface area contributed by atoms with Gasteiger partial charge in [0.25, 0.3) is 0 Å². The van der Waals surface area contributed by atoms with E-state index in [0.29, 0.717) is 0 Å². The Morgan fingerprint density at radius 3 is 0.953 bits per heavy atom. The Bertz CT molecular complexity index is 2080. The summed E-state index contributed by atoms with van der Waals surface area (Å²) in [7, 11) is 0. The molecule has 4 aliphatic carbocycles. The average Bonchev–Trinajstić information content (AvgIpc) is 3.66. The molecule has 0 aromatic heterocycles. The molecule has 6 aromatic rings. The highest BCUT2D eigenvalue weighted by molar-refractivity contribution is 6.06. The summed E-state index contributed by atoms with van der Waals surface area (Å²) >= 11 is 0. The molecule has 0 nitrogen and oxygen atoms in total. The summed E-state index contributed by atoms with van der Waals surface area (Å²) in [4.78, 5) is 0. The zero-order chi connectivity index (χ0) is 28.9. The lowest BCUT2D eigenvalue weighted by Gasteiger charge is -2.31. The summed E-state index contributed by atoms with van der Waals surface area (Å²) in [6.45, 7) is 9.57. The van der Waals surface area contributed by atoms with Crippen LogP contribution in [-0.2, 0) is 16.2 Å². The number of hydrogen-bond donors (Lipinski definition) is 0. The second kappa shape index (κ2) is 7.44. The third-order valence-corrected chi connectivity index (χ3v) is 11.5. The highest BCUT2D eigenvalue weighted by Gasteiger charge is 2.55. The van der Waals surface area contributed by atoms with Gasteiger partial charge < -0.3 is 0 Å². The predicted molar refractivity (Wildman–Crippen MR) is 178 cm³/mol. The quantitative estimate of drug-likeness (QED) is 0.177. The van der Waals surface area contributed by atoms with Gasteiger partial charge in [-0.1, -0.05) is 149 Å². The molecule has 4 aliphatic rings. The molecule has 204 valence electrons. The van der Waals surface area contributed by atoms with Gasteiger partial charge in [0.05, 0.1) is 5.41 Å². The van der Waals surface area contributed by atoms with Crippen molar-refractivity contribution in [1.29, 1.82) is 0 Å². The summed E-state index contributed by atoms with van der Waals surface area (Å²) in [5, 5.41) is 0. The molecule has 43 heavy (non-hydrogen) atoms. The first-order valence-corrected chi connectivity index (χ1v) is 15.6. The van der Waals surface area contributed by atoms with E-state index in [-0.39, 0.29) is 16.2 Å². The first-order valence-electron chi connectivity index (χ1n) is 15.6. The maximum Gasteiger partial charge on any atom is 0.0725 e. The van der Waals surface area contributed by atoms with Crippen molar-refractivity contribution in [3.8, 4) is 44.5 Å². The van der Waals surface area contributed by atoms with Crippen LogP contribution in [0.2, 0.25) is 0 Å². The minimum Gasteiger partial charge on any atom is -0.0619 e. The van der Waals surface area contributed by atoms with E-state index >= 15 is 0 Å². The topological polar surface area (TPSA) is 0 Å². The van der Waals surface area contributed by atoms with Crippen molar-refractivity contribution in [3.63, 3.8) is 0 Å². The first kappa shape index (κ1) is 23.8. The highest BCUT2D eigenvalue weighted by Crippen LogP contribution is 2.68. The Kier molecular flexibility index (Phi) is 4.13. The zero-order valence-corrected chi connectivity index (χ0v) is 25.0. The van der Waals surface area contributed by atoms with Gasteiger partial charge in [0, 0.05) is 10.8 Å². The van der Waals surface area contributed by atoms with E-state index in [0.717, 1.165) is 0 Å².